The van der Waals surface area contributed by atoms with E-state index in [1.165, 1.54) is 11.0 Å². The molecule has 0 unspecified atom stereocenters. The molecule has 0 bridgehead atoms. The van der Waals surface area contributed by atoms with Crippen LogP contribution in [0.1, 0.15) is 6.92 Å². The third-order valence-electron chi connectivity index (χ3n) is 2.37. The zero-order chi connectivity index (χ0) is 12.5. The van der Waals surface area contributed by atoms with E-state index in [0.717, 1.165) is 0 Å². The number of imidazole rings is 1. The number of aromatic nitrogens is 7. The number of hydrogen-bond donors (Lipinski definition) is 3. The smallest absolute Gasteiger partial charge is 0.244 e. The van der Waals surface area contributed by atoms with Crippen LogP contribution in [0, 0.1) is 0 Å². The number of anilines is 2. The van der Waals surface area contributed by atoms with Gasteiger partial charge in [-0.05, 0) is 6.92 Å². The molecule has 0 fully saturated rings. The molecule has 3 rings (SSSR count). The van der Waals surface area contributed by atoms with E-state index in [-0.39, 0.29) is 5.95 Å². The zero-order valence-electron chi connectivity index (χ0n) is 9.62. The van der Waals surface area contributed by atoms with E-state index in [1.54, 1.807) is 6.33 Å². The standard InChI is InChI=1S/C9H11N9/c1-2-11-9-16-8(10)18(17-9)7-5-6(13-3-12-5)14-4-15-7/h3-4H,2H2,1H3,(H3,10,11,16,17)(H,12,13,14,15). The number of fused-ring (bicyclic) bond motifs is 1. The molecule has 0 aliphatic rings. The lowest BCUT2D eigenvalue weighted by atomic mass is 10.5. The fourth-order valence-corrected chi connectivity index (χ4v) is 1.63. The molecule has 18 heavy (non-hydrogen) atoms. The first-order valence-electron chi connectivity index (χ1n) is 5.40. The highest BCUT2D eigenvalue weighted by atomic mass is 15.4. The van der Waals surface area contributed by atoms with Crippen LogP contribution in [0.25, 0.3) is 17.0 Å². The fourth-order valence-electron chi connectivity index (χ4n) is 1.63. The first-order valence-corrected chi connectivity index (χ1v) is 5.40. The van der Waals surface area contributed by atoms with E-state index in [2.05, 4.69) is 35.3 Å². The molecule has 0 aliphatic carbocycles. The Balaban J connectivity index is 2.16. The first-order chi connectivity index (χ1) is 8.79. The summed E-state index contributed by atoms with van der Waals surface area (Å²) in [4.78, 5) is 19.3. The first kappa shape index (κ1) is 10.4. The second-order valence-corrected chi connectivity index (χ2v) is 3.53. The number of nitrogens with zero attached hydrogens (tertiary/aromatic N) is 6. The van der Waals surface area contributed by atoms with Crippen molar-refractivity contribution in [3.8, 4) is 5.82 Å². The average Bonchev–Trinajstić information content (AvgIpc) is 2.95. The van der Waals surface area contributed by atoms with Gasteiger partial charge in [0, 0.05) is 6.54 Å². The van der Waals surface area contributed by atoms with E-state index >= 15 is 0 Å². The Morgan fingerprint density at radius 2 is 2.28 bits per heavy atom. The molecule has 9 nitrogen and oxygen atoms in total. The van der Waals surface area contributed by atoms with Crippen molar-refractivity contribution in [1.29, 1.82) is 0 Å². The van der Waals surface area contributed by atoms with Crippen LogP contribution in [0.4, 0.5) is 11.9 Å². The van der Waals surface area contributed by atoms with Gasteiger partial charge in [-0.1, -0.05) is 0 Å². The quantitative estimate of drug-likeness (QED) is 0.590. The van der Waals surface area contributed by atoms with Gasteiger partial charge < -0.3 is 16.0 Å². The van der Waals surface area contributed by atoms with Gasteiger partial charge in [0.05, 0.1) is 6.33 Å². The van der Waals surface area contributed by atoms with E-state index in [9.17, 15) is 0 Å². The number of rotatable bonds is 3. The summed E-state index contributed by atoms with van der Waals surface area (Å²) in [5.74, 6) is 1.23. The number of H-pyrrole nitrogens is 1. The summed E-state index contributed by atoms with van der Waals surface area (Å²) >= 11 is 0. The Morgan fingerprint density at radius 3 is 3.11 bits per heavy atom. The predicted octanol–water partition coefficient (Wildman–Crippen LogP) is -0.0524. The molecule has 0 amide bonds. The van der Waals surface area contributed by atoms with Crippen molar-refractivity contribution in [3.63, 3.8) is 0 Å². The summed E-state index contributed by atoms with van der Waals surface area (Å²) in [5.41, 5.74) is 7.04. The fraction of sp³-hybridized carbons (Fsp3) is 0.222. The Kier molecular flexibility index (Phi) is 2.29. The molecular weight excluding hydrogens is 234 g/mol. The van der Waals surface area contributed by atoms with Gasteiger partial charge in [-0.15, -0.1) is 5.10 Å². The van der Waals surface area contributed by atoms with Gasteiger partial charge in [0.15, 0.2) is 11.5 Å². The molecule has 3 aromatic heterocycles. The molecule has 0 spiro atoms. The normalized spacial score (nSPS) is 10.9. The number of nitrogens with two attached hydrogens (primary N) is 1. The zero-order valence-corrected chi connectivity index (χ0v) is 9.62. The maximum Gasteiger partial charge on any atom is 0.244 e. The third kappa shape index (κ3) is 1.52. The van der Waals surface area contributed by atoms with Crippen molar-refractivity contribution < 1.29 is 0 Å². The topological polar surface area (TPSA) is 123 Å². The Hall–Kier alpha value is -2.71. The van der Waals surface area contributed by atoms with Crippen molar-refractivity contribution in [2.45, 2.75) is 6.92 Å². The lowest BCUT2D eigenvalue weighted by Crippen LogP contribution is -2.06. The second-order valence-electron chi connectivity index (χ2n) is 3.53. The molecule has 3 heterocycles. The molecule has 0 saturated heterocycles. The molecule has 92 valence electrons. The Labute approximate surface area is 101 Å². The molecule has 9 heteroatoms. The van der Waals surface area contributed by atoms with Crippen LogP contribution in [0.15, 0.2) is 12.7 Å². The highest BCUT2D eigenvalue weighted by molar-refractivity contribution is 5.77. The molecule has 0 aromatic carbocycles. The second kappa shape index (κ2) is 3.95. The van der Waals surface area contributed by atoms with Crippen LogP contribution in [-0.2, 0) is 0 Å². The van der Waals surface area contributed by atoms with Crippen molar-refractivity contribution in [2.75, 3.05) is 17.6 Å². The van der Waals surface area contributed by atoms with Crippen LogP contribution in [-0.4, -0.2) is 41.2 Å². The minimum absolute atomic E-state index is 0.251. The number of nitrogen functional groups attached to an aromatic ring is 1. The SMILES string of the molecule is CCNc1nc(N)n(-c2ncnc3nc[nH]c23)n1. The maximum absolute atomic E-state index is 5.82. The number of nitrogens with one attached hydrogen (secondary N) is 2. The van der Waals surface area contributed by atoms with Gasteiger partial charge in [-0.25, -0.2) is 15.0 Å². The minimum atomic E-state index is 0.251. The average molecular weight is 245 g/mol. The van der Waals surface area contributed by atoms with Crippen LogP contribution < -0.4 is 11.1 Å². The molecule has 0 atom stereocenters. The van der Waals surface area contributed by atoms with Crippen LogP contribution in [0.2, 0.25) is 0 Å². The van der Waals surface area contributed by atoms with Crippen molar-refractivity contribution in [3.05, 3.63) is 12.7 Å². The predicted molar refractivity (Wildman–Crippen MR) is 65.2 cm³/mol. The van der Waals surface area contributed by atoms with Gasteiger partial charge in [-0.3, -0.25) is 0 Å². The lowest BCUT2D eigenvalue weighted by Gasteiger charge is -2.01. The van der Waals surface area contributed by atoms with E-state index < -0.39 is 0 Å². The molecule has 3 aromatic rings. The van der Waals surface area contributed by atoms with Gasteiger partial charge in [0.25, 0.3) is 0 Å². The van der Waals surface area contributed by atoms with Crippen LogP contribution in [0.5, 0.6) is 0 Å². The van der Waals surface area contributed by atoms with Gasteiger partial charge >= 0.3 is 0 Å². The lowest BCUT2D eigenvalue weighted by molar-refractivity contribution is 0.857. The maximum atomic E-state index is 5.82. The highest BCUT2D eigenvalue weighted by Crippen LogP contribution is 2.17. The molecular formula is C9H11N9. The largest absolute Gasteiger partial charge is 0.368 e. The third-order valence-corrected chi connectivity index (χ3v) is 2.37. The van der Waals surface area contributed by atoms with Gasteiger partial charge in [-0.2, -0.15) is 9.67 Å². The molecule has 0 radical (unpaired) electrons. The van der Waals surface area contributed by atoms with Crippen molar-refractivity contribution >= 4 is 23.1 Å². The van der Waals surface area contributed by atoms with Crippen LogP contribution >= 0.6 is 0 Å². The Morgan fingerprint density at radius 1 is 1.39 bits per heavy atom. The monoisotopic (exact) mass is 245 g/mol. The highest BCUT2D eigenvalue weighted by Gasteiger charge is 2.13. The van der Waals surface area contributed by atoms with Crippen molar-refractivity contribution in [1.82, 2.24) is 34.7 Å². The minimum Gasteiger partial charge on any atom is -0.368 e. The summed E-state index contributed by atoms with van der Waals surface area (Å²) in [7, 11) is 0. The summed E-state index contributed by atoms with van der Waals surface area (Å²) < 4.78 is 1.44. The summed E-state index contributed by atoms with van der Waals surface area (Å²) in [6.45, 7) is 2.67. The molecule has 0 aliphatic heterocycles. The summed E-state index contributed by atoms with van der Waals surface area (Å²) in [6.07, 6.45) is 2.95. The van der Waals surface area contributed by atoms with E-state index in [4.69, 9.17) is 5.73 Å². The van der Waals surface area contributed by atoms with Gasteiger partial charge in [0.2, 0.25) is 11.9 Å². The number of aromatic amines is 1. The molecule has 0 saturated carbocycles. The summed E-state index contributed by atoms with van der Waals surface area (Å²) in [6, 6.07) is 0. The molecule has 4 N–H and O–H groups in total. The summed E-state index contributed by atoms with van der Waals surface area (Å²) in [5, 5.41) is 7.22. The van der Waals surface area contributed by atoms with Crippen LogP contribution in [0.3, 0.4) is 0 Å². The van der Waals surface area contributed by atoms with Gasteiger partial charge in [0.1, 0.15) is 11.8 Å². The van der Waals surface area contributed by atoms with E-state index in [0.29, 0.717) is 29.5 Å². The Bertz CT molecular complexity index is 682. The number of hydrogen-bond acceptors (Lipinski definition) is 7. The van der Waals surface area contributed by atoms with E-state index in [1.807, 2.05) is 6.92 Å². The van der Waals surface area contributed by atoms with Crippen molar-refractivity contribution in [2.24, 2.45) is 0 Å².